The Balaban J connectivity index is 1.64. The van der Waals surface area contributed by atoms with Crippen LogP contribution in [0.15, 0.2) is 30.3 Å². The number of benzene rings is 2. The van der Waals surface area contributed by atoms with E-state index in [-0.39, 0.29) is 12.1 Å². The van der Waals surface area contributed by atoms with Gasteiger partial charge in [-0.2, -0.15) is 0 Å². The molecule has 2 aliphatic heterocycles. The van der Waals surface area contributed by atoms with Crippen LogP contribution in [0.1, 0.15) is 41.6 Å². The normalized spacial score (nSPS) is 24.1. The number of nitrogens with zero attached hydrogens (tertiary/aromatic N) is 1. The average molecular weight is 379 g/mol. The summed E-state index contributed by atoms with van der Waals surface area (Å²) < 4.78 is 1.12. The summed E-state index contributed by atoms with van der Waals surface area (Å²) in [7, 11) is 0. The van der Waals surface area contributed by atoms with Crippen molar-refractivity contribution in [2.45, 2.75) is 24.9 Å². The third-order valence-electron chi connectivity index (χ3n) is 5.81. The number of thiazole rings is 1. The summed E-state index contributed by atoms with van der Waals surface area (Å²) in [6.45, 7) is 0.990. The van der Waals surface area contributed by atoms with Crippen molar-refractivity contribution in [3.63, 3.8) is 0 Å². The van der Waals surface area contributed by atoms with E-state index in [2.05, 4.69) is 33.8 Å². The van der Waals surface area contributed by atoms with Crippen molar-refractivity contribution in [3.8, 4) is 0 Å². The predicted molar refractivity (Wildman–Crippen MR) is 113 cm³/mol. The molecule has 138 valence electrons. The van der Waals surface area contributed by atoms with Gasteiger partial charge in [0.15, 0.2) is 5.13 Å². The van der Waals surface area contributed by atoms with E-state index in [1.807, 2.05) is 12.1 Å². The molecule has 0 saturated carbocycles. The van der Waals surface area contributed by atoms with Crippen LogP contribution in [0.25, 0.3) is 10.2 Å². The van der Waals surface area contributed by atoms with Crippen LogP contribution in [0.2, 0.25) is 0 Å². The lowest BCUT2D eigenvalue weighted by Gasteiger charge is -2.45. The van der Waals surface area contributed by atoms with E-state index >= 15 is 0 Å². The SMILES string of the molecule is N=Cc1c(N)ccc2c1[C@H]1NCCC[C@H]1[C@H](c1ccc3nc(N)sc3c1)N2. The molecule has 2 aliphatic rings. The molecule has 0 radical (unpaired) electrons. The van der Waals surface area contributed by atoms with Crippen molar-refractivity contribution >= 4 is 44.3 Å². The van der Waals surface area contributed by atoms with E-state index in [0.29, 0.717) is 16.7 Å². The highest BCUT2D eigenvalue weighted by Crippen LogP contribution is 2.49. The number of anilines is 3. The highest BCUT2D eigenvalue weighted by molar-refractivity contribution is 7.22. The lowest BCUT2D eigenvalue weighted by molar-refractivity contribution is 0.245. The van der Waals surface area contributed by atoms with Gasteiger partial charge in [-0.15, -0.1) is 0 Å². The van der Waals surface area contributed by atoms with Gasteiger partial charge < -0.3 is 27.5 Å². The zero-order valence-electron chi connectivity index (χ0n) is 14.8. The summed E-state index contributed by atoms with van der Waals surface area (Å²) >= 11 is 1.53. The summed E-state index contributed by atoms with van der Waals surface area (Å²) in [6.07, 6.45) is 3.66. The smallest absolute Gasteiger partial charge is 0.181 e. The van der Waals surface area contributed by atoms with Crippen molar-refractivity contribution in [2.75, 3.05) is 23.3 Å². The number of nitrogen functional groups attached to an aromatic ring is 2. The van der Waals surface area contributed by atoms with E-state index in [1.54, 1.807) is 0 Å². The lowest BCUT2D eigenvalue weighted by Crippen LogP contribution is -2.43. The monoisotopic (exact) mass is 378 g/mol. The van der Waals surface area contributed by atoms with Crippen molar-refractivity contribution < 1.29 is 0 Å². The van der Waals surface area contributed by atoms with Gasteiger partial charge in [0.25, 0.3) is 0 Å². The molecule has 3 aromatic rings. The highest BCUT2D eigenvalue weighted by atomic mass is 32.1. The fourth-order valence-corrected chi connectivity index (χ4v) is 5.40. The third-order valence-corrected chi connectivity index (χ3v) is 6.66. The molecule has 0 spiro atoms. The molecule has 6 nitrogen and oxygen atoms in total. The average Bonchev–Trinajstić information content (AvgIpc) is 3.06. The number of hydrogen-bond donors (Lipinski definition) is 5. The molecular formula is C20H22N6S. The van der Waals surface area contributed by atoms with Gasteiger partial charge in [0.05, 0.1) is 16.3 Å². The molecule has 1 aromatic heterocycles. The Morgan fingerprint density at radius 1 is 1.19 bits per heavy atom. The van der Waals surface area contributed by atoms with Crippen LogP contribution in [-0.4, -0.2) is 17.7 Å². The molecule has 0 bridgehead atoms. The maximum atomic E-state index is 7.86. The third kappa shape index (κ3) is 2.57. The second-order valence-corrected chi connectivity index (χ2v) is 8.38. The van der Waals surface area contributed by atoms with Gasteiger partial charge in [-0.1, -0.05) is 17.4 Å². The molecule has 2 aromatic carbocycles. The van der Waals surface area contributed by atoms with Crippen LogP contribution in [0.5, 0.6) is 0 Å². The Labute approximate surface area is 161 Å². The van der Waals surface area contributed by atoms with Crippen LogP contribution in [0, 0.1) is 11.3 Å². The molecule has 7 N–H and O–H groups in total. The summed E-state index contributed by atoms with van der Waals surface area (Å²) in [6, 6.07) is 10.8. The second-order valence-electron chi connectivity index (χ2n) is 7.31. The molecular weight excluding hydrogens is 356 g/mol. The summed E-state index contributed by atoms with van der Waals surface area (Å²) in [5.41, 5.74) is 17.9. The minimum Gasteiger partial charge on any atom is -0.398 e. The first-order valence-electron chi connectivity index (χ1n) is 9.24. The molecule has 7 heteroatoms. The molecule has 27 heavy (non-hydrogen) atoms. The Kier molecular flexibility index (Phi) is 3.80. The van der Waals surface area contributed by atoms with Gasteiger partial charge in [-0.3, -0.25) is 0 Å². The Morgan fingerprint density at radius 3 is 2.93 bits per heavy atom. The van der Waals surface area contributed by atoms with Crippen LogP contribution < -0.4 is 22.1 Å². The number of fused-ring (bicyclic) bond motifs is 4. The van der Waals surface area contributed by atoms with Crippen molar-refractivity contribution in [2.24, 2.45) is 5.92 Å². The number of nitrogens with one attached hydrogen (secondary N) is 3. The van der Waals surface area contributed by atoms with Crippen molar-refractivity contribution in [1.29, 1.82) is 5.41 Å². The number of nitrogens with two attached hydrogens (primary N) is 2. The first-order valence-corrected chi connectivity index (χ1v) is 10.1. The van der Waals surface area contributed by atoms with Gasteiger partial charge in [0, 0.05) is 40.7 Å². The molecule has 0 amide bonds. The van der Waals surface area contributed by atoms with E-state index in [1.165, 1.54) is 23.1 Å². The van der Waals surface area contributed by atoms with Gasteiger partial charge >= 0.3 is 0 Å². The summed E-state index contributed by atoms with van der Waals surface area (Å²) in [5.74, 6) is 0.398. The largest absolute Gasteiger partial charge is 0.398 e. The second kappa shape index (κ2) is 6.21. The maximum Gasteiger partial charge on any atom is 0.181 e. The van der Waals surface area contributed by atoms with Crippen LogP contribution in [0.4, 0.5) is 16.5 Å². The van der Waals surface area contributed by atoms with Gasteiger partial charge in [0.2, 0.25) is 0 Å². The highest BCUT2D eigenvalue weighted by Gasteiger charge is 2.40. The first-order chi connectivity index (χ1) is 13.2. The Bertz CT molecular complexity index is 1040. The van der Waals surface area contributed by atoms with Gasteiger partial charge in [-0.05, 0) is 49.2 Å². The molecule has 3 atom stereocenters. The Morgan fingerprint density at radius 2 is 2.07 bits per heavy atom. The van der Waals surface area contributed by atoms with Crippen molar-refractivity contribution in [1.82, 2.24) is 10.3 Å². The quantitative estimate of drug-likeness (QED) is 0.345. The Hall–Kier alpha value is -2.64. The fourth-order valence-electron chi connectivity index (χ4n) is 4.62. The minimum absolute atomic E-state index is 0.197. The van der Waals surface area contributed by atoms with Crippen LogP contribution >= 0.6 is 11.3 Å². The van der Waals surface area contributed by atoms with Crippen LogP contribution in [0.3, 0.4) is 0 Å². The van der Waals surface area contributed by atoms with E-state index in [9.17, 15) is 0 Å². The minimum atomic E-state index is 0.197. The zero-order valence-corrected chi connectivity index (χ0v) is 15.6. The standard InChI is InChI=1S/C20H22N6S/c21-9-12-13(22)4-6-15-17(12)19-11(2-1-7-24-19)18(25-15)10-3-5-14-16(8-10)27-20(23)26-14/h3-6,8-9,11,18-19,21,24-25H,1-2,7,22H2,(H2,23,26)/t11-,18-,19-/m0/s1. The maximum absolute atomic E-state index is 7.86. The molecule has 5 rings (SSSR count). The van der Waals surface area contributed by atoms with Gasteiger partial charge in [0.1, 0.15) is 0 Å². The summed E-state index contributed by atoms with van der Waals surface area (Å²) in [5, 5.41) is 15.9. The number of piperidine rings is 1. The topological polar surface area (TPSA) is 113 Å². The molecule has 0 aliphatic carbocycles. The molecule has 1 fully saturated rings. The van der Waals surface area contributed by atoms with E-state index < -0.39 is 0 Å². The zero-order chi connectivity index (χ0) is 18.5. The van der Waals surface area contributed by atoms with Crippen molar-refractivity contribution in [3.05, 3.63) is 47.0 Å². The number of aromatic nitrogens is 1. The van der Waals surface area contributed by atoms with Crippen LogP contribution in [-0.2, 0) is 0 Å². The fraction of sp³-hybridized carbons (Fsp3) is 0.300. The summed E-state index contributed by atoms with van der Waals surface area (Å²) in [4.78, 5) is 4.37. The molecule has 1 saturated heterocycles. The number of rotatable bonds is 2. The first kappa shape index (κ1) is 16.5. The predicted octanol–water partition coefficient (Wildman–Crippen LogP) is 3.67. The molecule has 0 unspecified atom stereocenters. The lowest BCUT2D eigenvalue weighted by atomic mass is 9.74. The van der Waals surface area contributed by atoms with E-state index in [0.717, 1.165) is 46.4 Å². The molecule has 3 heterocycles. The van der Waals surface area contributed by atoms with E-state index in [4.69, 9.17) is 16.9 Å². The number of hydrogen-bond acceptors (Lipinski definition) is 7. The van der Waals surface area contributed by atoms with Gasteiger partial charge in [-0.25, -0.2) is 4.98 Å².